The highest BCUT2D eigenvalue weighted by Crippen LogP contribution is 2.51. The summed E-state index contributed by atoms with van der Waals surface area (Å²) in [5.41, 5.74) is 0.984. The Kier molecular flexibility index (Phi) is 5.13. The van der Waals surface area contributed by atoms with Crippen molar-refractivity contribution in [1.82, 2.24) is 10.1 Å². The number of amides is 1. The number of rotatable bonds is 5. The Balaban J connectivity index is 1.33. The average Bonchev–Trinajstić information content (AvgIpc) is 3.56. The van der Waals surface area contributed by atoms with E-state index in [0.29, 0.717) is 25.3 Å². The Morgan fingerprint density at radius 2 is 1.88 bits per heavy atom. The summed E-state index contributed by atoms with van der Waals surface area (Å²) in [6, 6.07) is 16.7. The van der Waals surface area contributed by atoms with Gasteiger partial charge in [-0.15, -0.1) is 0 Å². The summed E-state index contributed by atoms with van der Waals surface area (Å²) in [6.07, 6.45) is 1.56. The second-order valence-corrected chi connectivity index (χ2v) is 8.58. The summed E-state index contributed by atoms with van der Waals surface area (Å²) in [5.74, 6) is 2.06. The Labute approximate surface area is 186 Å². The van der Waals surface area contributed by atoms with E-state index in [-0.39, 0.29) is 23.4 Å². The van der Waals surface area contributed by atoms with E-state index in [0.717, 1.165) is 29.0 Å². The Morgan fingerprint density at radius 3 is 2.62 bits per heavy atom. The maximum Gasteiger partial charge on any atom is 0.276 e. The van der Waals surface area contributed by atoms with Crippen LogP contribution in [0, 0.1) is 11.8 Å². The molecule has 0 unspecified atom stereocenters. The fraction of sp³-hybridized carbons (Fsp3) is 0.360. The number of hydrogen-bond donors (Lipinski definition) is 1. The molecule has 3 aromatic rings. The molecule has 166 valence electrons. The maximum atomic E-state index is 13.2. The monoisotopic (exact) mass is 434 g/mol. The largest absolute Gasteiger partial charge is 0.497 e. The summed E-state index contributed by atoms with van der Waals surface area (Å²) in [5, 5.41) is 15.6. The lowest BCUT2D eigenvalue weighted by atomic mass is 9.82. The molecular weight excluding hydrogens is 408 g/mol. The van der Waals surface area contributed by atoms with Crippen LogP contribution in [0.2, 0.25) is 0 Å². The number of aliphatic hydroxyl groups is 1. The van der Waals surface area contributed by atoms with Crippen LogP contribution >= 0.6 is 0 Å². The fourth-order valence-electron chi connectivity index (χ4n) is 5.14. The molecule has 2 heterocycles. The number of carbonyl (C=O) groups is 1. The van der Waals surface area contributed by atoms with Crippen molar-refractivity contribution < 1.29 is 23.9 Å². The fourth-order valence-corrected chi connectivity index (χ4v) is 5.14. The van der Waals surface area contributed by atoms with Gasteiger partial charge in [0.2, 0.25) is 0 Å². The third kappa shape index (κ3) is 3.42. The van der Waals surface area contributed by atoms with Crippen LogP contribution in [0.15, 0.2) is 59.1 Å². The van der Waals surface area contributed by atoms with Gasteiger partial charge in [-0.05, 0) is 60.7 Å². The Hall–Kier alpha value is -3.32. The van der Waals surface area contributed by atoms with Crippen molar-refractivity contribution in [1.29, 1.82) is 0 Å². The number of hydrogen-bond acceptors (Lipinski definition) is 6. The number of nitrogens with zero attached hydrogens (tertiary/aromatic N) is 2. The zero-order valence-corrected chi connectivity index (χ0v) is 18.2. The predicted octanol–water partition coefficient (Wildman–Crippen LogP) is 3.73. The first-order valence-corrected chi connectivity index (χ1v) is 10.8. The highest BCUT2D eigenvalue weighted by molar-refractivity contribution is 5.93. The van der Waals surface area contributed by atoms with Gasteiger partial charge in [0, 0.05) is 30.6 Å². The number of aromatic nitrogens is 1. The van der Waals surface area contributed by atoms with E-state index in [2.05, 4.69) is 5.16 Å². The standard InChI is InChI=1S/C25H26N2O5/c1-30-19-8-6-16(7-9-19)23-13-22(26-32-23)24(28)27-14-17-10-11-25(29,21(17)15-27)18-4-3-5-20(12-18)31-2/h3-9,12-13,17,21,29H,10-11,14-15H2,1-2H3/t17-,21+,25+/m1/s1. The SMILES string of the molecule is COc1ccc(-c2cc(C(=O)N3C[C@H]4CC[C@](O)(c5cccc(OC)c5)[C@H]4C3)no2)cc1. The van der Waals surface area contributed by atoms with Crippen LogP contribution in [-0.2, 0) is 5.60 Å². The molecule has 1 aromatic heterocycles. The van der Waals surface area contributed by atoms with Crippen molar-refractivity contribution in [3.63, 3.8) is 0 Å². The van der Waals surface area contributed by atoms with Crippen LogP contribution < -0.4 is 9.47 Å². The molecule has 3 atom stereocenters. The first-order valence-electron chi connectivity index (χ1n) is 10.8. The van der Waals surface area contributed by atoms with Crippen molar-refractivity contribution in [3.05, 3.63) is 65.9 Å². The molecule has 1 amide bonds. The molecule has 7 nitrogen and oxygen atoms in total. The molecule has 1 aliphatic carbocycles. The van der Waals surface area contributed by atoms with Crippen LogP contribution in [0.4, 0.5) is 0 Å². The van der Waals surface area contributed by atoms with Gasteiger partial charge in [0.25, 0.3) is 5.91 Å². The molecule has 2 fully saturated rings. The van der Waals surface area contributed by atoms with Crippen LogP contribution in [0.5, 0.6) is 11.5 Å². The molecule has 7 heteroatoms. The average molecular weight is 434 g/mol. The third-order valence-electron chi connectivity index (χ3n) is 6.91. The maximum absolute atomic E-state index is 13.2. The zero-order valence-electron chi connectivity index (χ0n) is 18.2. The van der Waals surface area contributed by atoms with Crippen LogP contribution in [-0.4, -0.2) is 48.4 Å². The van der Waals surface area contributed by atoms with Crippen molar-refractivity contribution in [2.45, 2.75) is 18.4 Å². The minimum atomic E-state index is -0.966. The van der Waals surface area contributed by atoms with Crippen molar-refractivity contribution >= 4 is 5.91 Å². The minimum Gasteiger partial charge on any atom is -0.497 e. The van der Waals surface area contributed by atoms with Gasteiger partial charge in [0.1, 0.15) is 11.5 Å². The smallest absolute Gasteiger partial charge is 0.276 e. The molecule has 0 radical (unpaired) electrons. The zero-order chi connectivity index (χ0) is 22.3. The summed E-state index contributed by atoms with van der Waals surface area (Å²) < 4.78 is 16.0. The van der Waals surface area contributed by atoms with E-state index in [1.54, 1.807) is 25.2 Å². The number of fused-ring (bicyclic) bond motifs is 1. The molecule has 5 rings (SSSR count). The molecule has 1 N–H and O–H groups in total. The van der Waals surface area contributed by atoms with E-state index in [1.165, 1.54) is 0 Å². The van der Waals surface area contributed by atoms with Gasteiger partial charge in [0.05, 0.1) is 19.8 Å². The molecule has 0 spiro atoms. The molecule has 2 aliphatic rings. The first kappa shape index (κ1) is 20.6. The van der Waals surface area contributed by atoms with Gasteiger partial charge in [-0.2, -0.15) is 0 Å². The summed E-state index contributed by atoms with van der Waals surface area (Å²) in [6.45, 7) is 1.10. The van der Waals surface area contributed by atoms with Gasteiger partial charge < -0.3 is 24.0 Å². The van der Waals surface area contributed by atoms with Gasteiger partial charge in [0.15, 0.2) is 11.5 Å². The van der Waals surface area contributed by atoms with Crippen LogP contribution in [0.3, 0.4) is 0 Å². The highest BCUT2D eigenvalue weighted by atomic mass is 16.5. The van der Waals surface area contributed by atoms with E-state index >= 15 is 0 Å². The summed E-state index contributed by atoms with van der Waals surface area (Å²) in [7, 11) is 3.23. The molecule has 1 saturated heterocycles. The van der Waals surface area contributed by atoms with Gasteiger partial charge in [-0.25, -0.2) is 0 Å². The number of carbonyl (C=O) groups excluding carboxylic acids is 1. The van der Waals surface area contributed by atoms with Crippen molar-refractivity contribution in [2.75, 3.05) is 27.3 Å². The topological polar surface area (TPSA) is 85.0 Å². The molecule has 1 aliphatic heterocycles. The first-order chi connectivity index (χ1) is 15.5. The van der Waals surface area contributed by atoms with E-state index in [9.17, 15) is 9.90 Å². The predicted molar refractivity (Wildman–Crippen MR) is 117 cm³/mol. The van der Waals surface area contributed by atoms with E-state index in [4.69, 9.17) is 14.0 Å². The number of methoxy groups -OCH3 is 2. The normalized spacial score (nSPS) is 24.4. The lowest BCUT2D eigenvalue weighted by molar-refractivity contribution is -0.00608. The van der Waals surface area contributed by atoms with Gasteiger partial charge in [-0.1, -0.05) is 17.3 Å². The van der Waals surface area contributed by atoms with Crippen molar-refractivity contribution in [2.24, 2.45) is 11.8 Å². The van der Waals surface area contributed by atoms with E-state index in [1.807, 2.05) is 48.5 Å². The molecule has 0 bridgehead atoms. The lowest BCUT2D eigenvalue weighted by Crippen LogP contribution is -2.36. The Morgan fingerprint density at radius 1 is 1.09 bits per heavy atom. The highest BCUT2D eigenvalue weighted by Gasteiger charge is 2.53. The number of likely N-dealkylation sites (tertiary alicyclic amines) is 1. The van der Waals surface area contributed by atoms with Crippen LogP contribution in [0.1, 0.15) is 28.9 Å². The second-order valence-electron chi connectivity index (χ2n) is 8.58. The molecule has 1 saturated carbocycles. The number of ether oxygens (including phenoxy) is 2. The quantitative estimate of drug-likeness (QED) is 0.659. The van der Waals surface area contributed by atoms with Crippen molar-refractivity contribution in [3.8, 4) is 22.8 Å². The molecular formula is C25H26N2O5. The second kappa shape index (κ2) is 7.98. The third-order valence-corrected chi connectivity index (χ3v) is 6.91. The van der Waals surface area contributed by atoms with Gasteiger partial charge >= 0.3 is 0 Å². The lowest BCUT2D eigenvalue weighted by Gasteiger charge is -2.31. The number of benzene rings is 2. The van der Waals surface area contributed by atoms with Gasteiger partial charge in [-0.3, -0.25) is 4.79 Å². The van der Waals surface area contributed by atoms with E-state index < -0.39 is 5.60 Å². The molecule has 32 heavy (non-hydrogen) atoms. The Bertz CT molecular complexity index is 1130. The summed E-state index contributed by atoms with van der Waals surface area (Å²) in [4.78, 5) is 14.9. The molecule has 2 aromatic carbocycles. The minimum absolute atomic E-state index is 0.0217. The van der Waals surface area contributed by atoms with Crippen LogP contribution in [0.25, 0.3) is 11.3 Å². The summed E-state index contributed by atoms with van der Waals surface area (Å²) >= 11 is 0.